The summed E-state index contributed by atoms with van der Waals surface area (Å²) in [6.07, 6.45) is 0. The van der Waals surface area contributed by atoms with Crippen LogP contribution in [0.25, 0.3) is 0 Å². The van der Waals surface area contributed by atoms with E-state index in [2.05, 4.69) is 17.0 Å². The summed E-state index contributed by atoms with van der Waals surface area (Å²) in [7, 11) is 0. The Morgan fingerprint density at radius 1 is 1.21 bits per heavy atom. The minimum Gasteiger partial charge on any atom is -0.492 e. The van der Waals surface area contributed by atoms with Gasteiger partial charge < -0.3 is 20.3 Å². The lowest BCUT2D eigenvalue weighted by Crippen LogP contribution is -2.48. The molecule has 0 unspecified atom stereocenters. The van der Waals surface area contributed by atoms with E-state index in [0.717, 1.165) is 31.9 Å². The Morgan fingerprint density at radius 2 is 1.84 bits per heavy atom. The number of carbonyl (C=O) groups excluding carboxylic acids is 1. The van der Waals surface area contributed by atoms with Gasteiger partial charge in [-0.05, 0) is 24.3 Å². The van der Waals surface area contributed by atoms with Gasteiger partial charge in [-0.15, -0.1) is 0 Å². The van der Waals surface area contributed by atoms with Gasteiger partial charge in [0.2, 0.25) is 5.91 Å². The van der Waals surface area contributed by atoms with Crippen molar-refractivity contribution < 1.29 is 9.53 Å². The lowest BCUT2D eigenvalue weighted by molar-refractivity contribution is -0.129. The molecule has 0 bridgehead atoms. The quantitative estimate of drug-likeness (QED) is 0.868. The number of benzene rings is 1. The lowest BCUT2D eigenvalue weighted by atomic mass is 10.2. The number of carbonyl (C=O) groups is 1. The molecule has 1 aliphatic rings. The third-order valence-electron chi connectivity index (χ3n) is 3.31. The summed E-state index contributed by atoms with van der Waals surface area (Å²) in [4.78, 5) is 15.4. The second-order valence-electron chi connectivity index (χ2n) is 4.62. The van der Waals surface area contributed by atoms with Gasteiger partial charge in [0.15, 0.2) is 0 Å². The summed E-state index contributed by atoms with van der Waals surface area (Å²) >= 11 is 0. The van der Waals surface area contributed by atoms with E-state index < -0.39 is 0 Å². The van der Waals surface area contributed by atoms with Gasteiger partial charge in [-0.2, -0.15) is 0 Å². The lowest BCUT2D eigenvalue weighted by Gasteiger charge is -2.35. The minimum absolute atomic E-state index is 0.158. The van der Waals surface area contributed by atoms with Crippen LogP contribution in [0.2, 0.25) is 0 Å². The van der Waals surface area contributed by atoms with Crippen molar-refractivity contribution in [3.63, 3.8) is 0 Å². The van der Waals surface area contributed by atoms with Gasteiger partial charge in [0.25, 0.3) is 0 Å². The molecule has 1 fully saturated rings. The van der Waals surface area contributed by atoms with Gasteiger partial charge in [-0.1, -0.05) is 0 Å². The van der Waals surface area contributed by atoms with Crippen molar-refractivity contribution >= 4 is 11.6 Å². The molecule has 1 aromatic carbocycles. The molecule has 1 aromatic rings. The number of ether oxygens (including phenoxy) is 1. The molecule has 1 saturated heterocycles. The summed E-state index contributed by atoms with van der Waals surface area (Å²) in [5.74, 6) is 1.00. The SMILES string of the molecule is CC(=O)N1CCN(c2ccc(OCCN)cc2)CC1. The fourth-order valence-corrected chi connectivity index (χ4v) is 2.21. The molecule has 0 spiro atoms. The zero-order valence-corrected chi connectivity index (χ0v) is 11.3. The maximum absolute atomic E-state index is 11.3. The normalized spacial score (nSPS) is 15.5. The second kappa shape index (κ2) is 6.43. The topological polar surface area (TPSA) is 58.8 Å². The van der Waals surface area contributed by atoms with E-state index >= 15 is 0 Å². The molecule has 0 aliphatic carbocycles. The smallest absolute Gasteiger partial charge is 0.219 e. The fraction of sp³-hybridized carbons (Fsp3) is 0.500. The minimum atomic E-state index is 0.158. The van der Waals surface area contributed by atoms with Crippen LogP contribution < -0.4 is 15.4 Å². The Balaban J connectivity index is 1.90. The monoisotopic (exact) mass is 263 g/mol. The first-order chi connectivity index (χ1) is 9.20. The van der Waals surface area contributed by atoms with Crippen molar-refractivity contribution in [1.82, 2.24) is 4.90 Å². The van der Waals surface area contributed by atoms with E-state index in [9.17, 15) is 4.79 Å². The number of hydrogen-bond acceptors (Lipinski definition) is 4. The van der Waals surface area contributed by atoms with E-state index in [1.54, 1.807) is 6.92 Å². The summed E-state index contributed by atoms with van der Waals surface area (Å²) in [6, 6.07) is 8.02. The van der Waals surface area contributed by atoms with Crippen LogP contribution in [0.3, 0.4) is 0 Å². The number of hydrogen-bond donors (Lipinski definition) is 1. The predicted molar refractivity (Wildman–Crippen MR) is 75.5 cm³/mol. The van der Waals surface area contributed by atoms with Crippen LogP contribution in [-0.4, -0.2) is 50.1 Å². The van der Waals surface area contributed by atoms with Gasteiger partial charge in [-0.25, -0.2) is 0 Å². The highest BCUT2D eigenvalue weighted by Gasteiger charge is 2.18. The highest BCUT2D eigenvalue weighted by Crippen LogP contribution is 2.20. The van der Waals surface area contributed by atoms with Crippen LogP contribution >= 0.6 is 0 Å². The maximum Gasteiger partial charge on any atom is 0.219 e. The van der Waals surface area contributed by atoms with Crippen LogP contribution in [0.4, 0.5) is 5.69 Å². The molecular formula is C14H21N3O2. The maximum atomic E-state index is 11.3. The van der Waals surface area contributed by atoms with E-state index in [1.807, 2.05) is 17.0 Å². The van der Waals surface area contributed by atoms with Crippen molar-refractivity contribution in [2.45, 2.75) is 6.92 Å². The summed E-state index contributed by atoms with van der Waals surface area (Å²) in [5.41, 5.74) is 6.56. The summed E-state index contributed by atoms with van der Waals surface area (Å²) in [5, 5.41) is 0. The zero-order valence-electron chi connectivity index (χ0n) is 11.3. The molecule has 19 heavy (non-hydrogen) atoms. The molecule has 0 radical (unpaired) electrons. The second-order valence-corrected chi connectivity index (χ2v) is 4.62. The Kier molecular flexibility index (Phi) is 4.63. The highest BCUT2D eigenvalue weighted by molar-refractivity contribution is 5.73. The molecule has 104 valence electrons. The van der Waals surface area contributed by atoms with Crippen molar-refractivity contribution in [2.75, 3.05) is 44.2 Å². The molecule has 5 heteroatoms. The average molecular weight is 263 g/mol. The van der Waals surface area contributed by atoms with E-state index in [-0.39, 0.29) is 5.91 Å². The number of nitrogens with zero attached hydrogens (tertiary/aromatic N) is 2. The molecule has 1 amide bonds. The first-order valence-electron chi connectivity index (χ1n) is 6.64. The molecule has 2 rings (SSSR count). The molecule has 1 aliphatic heterocycles. The van der Waals surface area contributed by atoms with Crippen LogP contribution in [0, 0.1) is 0 Å². The molecule has 2 N–H and O–H groups in total. The van der Waals surface area contributed by atoms with Gasteiger partial charge in [0.05, 0.1) is 0 Å². The highest BCUT2D eigenvalue weighted by atomic mass is 16.5. The first kappa shape index (κ1) is 13.7. The largest absolute Gasteiger partial charge is 0.492 e. The molecule has 0 atom stereocenters. The van der Waals surface area contributed by atoms with Gasteiger partial charge in [-0.3, -0.25) is 4.79 Å². The van der Waals surface area contributed by atoms with Crippen LogP contribution in [0.15, 0.2) is 24.3 Å². The Hall–Kier alpha value is -1.75. The van der Waals surface area contributed by atoms with Crippen LogP contribution in [0.1, 0.15) is 6.92 Å². The molecule has 5 nitrogen and oxygen atoms in total. The van der Waals surface area contributed by atoms with Crippen LogP contribution in [-0.2, 0) is 4.79 Å². The third kappa shape index (κ3) is 3.61. The van der Waals surface area contributed by atoms with Crippen LogP contribution in [0.5, 0.6) is 5.75 Å². The predicted octanol–water partition coefficient (Wildman–Crippen LogP) is 0.693. The van der Waals surface area contributed by atoms with E-state index in [0.29, 0.717) is 13.2 Å². The Morgan fingerprint density at radius 3 is 2.37 bits per heavy atom. The molecule has 0 saturated carbocycles. The molecule has 1 heterocycles. The van der Waals surface area contributed by atoms with Gasteiger partial charge in [0.1, 0.15) is 12.4 Å². The number of nitrogens with two attached hydrogens (primary N) is 1. The molecule has 0 aromatic heterocycles. The molecular weight excluding hydrogens is 242 g/mol. The zero-order chi connectivity index (χ0) is 13.7. The number of amides is 1. The number of rotatable bonds is 4. The summed E-state index contributed by atoms with van der Waals surface area (Å²) in [6.45, 7) is 6.03. The number of piperazine rings is 1. The Labute approximate surface area is 113 Å². The van der Waals surface area contributed by atoms with Crippen molar-refractivity contribution in [2.24, 2.45) is 5.73 Å². The Bertz CT molecular complexity index is 411. The summed E-state index contributed by atoms with van der Waals surface area (Å²) < 4.78 is 5.45. The van der Waals surface area contributed by atoms with Gasteiger partial charge in [0, 0.05) is 45.3 Å². The number of anilines is 1. The van der Waals surface area contributed by atoms with Gasteiger partial charge >= 0.3 is 0 Å². The standard InChI is InChI=1S/C14H21N3O2/c1-12(18)16-7-9-17(10-8-16)13-2-4-14(5-3-13)19-11-6-15/h2-5H,6-11,15H2,1H3. The fourth-order valence-electron chi connectivity index (χ4n) is 2.21. The first-order valence-corrected chi connectivity index (χ1v) is 6.64. The third-order valence-corrected chi connectivity index (χ3v) is 3.31. The van der Waals surface area contributed by atoms with Crippen molar-refractivity contribution in [3.05, 3.63) is 24.3 Å². The van der Waals surface area contributed by atoms with E-state index in [1.165, 1.54) is 5.69 Å². The average Bonchev–Trinajstić information content (AvgIpc) is 2.46. The van der Waals surface area contributed by atoms with Crippen molar-refractivity contribution in [3.8, 4) is 5.75 Å². The van der Waals surface area contributed by atoms with E-state index in [4.69, 9.17) is 10.5 Å². The van der Waals surface area contributed by atoms with Crippen molar-refractivity contribution in [1.29, 1.82) is 0 Å².